The largest absolute Gasteiger partial charge is 0.394 e. The van der Waals surface area contributed by atoms with Gasteiger partial charge in [0.25, 0.3) is 5.56 Å². The van der Waals surface area contributed by atoms with Crippen LogP contribution in [0.3, 0.4) is 0 Å². The van der Waals surface area contributed by atoms with Crippen LogP contribution in [0.2, 0.25) is 0 Å². The van der Waals surface area contributed by atoms with E-state index in [0.29, 0.717) is 0 Å². The summed E-state index contributed by atoms with van der Waals surface area (Å²) in [6, 6.07) is 0.403. The van der Waals surface area contributed by atoms with Crippen molar-refractivity contribution in [3.05, 3.63) is 43.0 Å². The zero-order valence-corrected chi connectivity index (χ0v) is 10.4. The Labute approximate surface area is 116 Å². The number of aliphatic hydroxyl groups excluding tert-OH is 2. The Bertz CT molecular complexity index is 742. The van der Waals surface area contributed by atoms with Crippen molar-refractivity contribution >= 4 is 0 Å². The molecule has 0 aromatic carbocycles. The fourth-order valence-corrected chi connectivity index (χ4v) is 2.05. The molecule has 11 nitrogen and oxygen atoms in total. The van der Waals surface area contributed by atoms with Gasteiger partial charge in [0, 0.05) is 11.1 Å². The summed E-state index contributed by atoms with van der Waals surface area (Å²) in [4.78, 5) is 27.6. The molecular weight excluding hydrogens is 284 g/mol. The highest BCUT2D eigenvalue weighted by Gasteiger charge is 2.44. The number of ether oxygens (including phenoxy) is 1. The quantitative estimate of drug-likeness (QED) is 0.341. The van der Waals surface area contributed by atoms with Gasteiger partial charge in [0.2, 0.25) is 0 Å². The number of nitrogens with zero attached hydrogens (tertiary/aromatic N) is 5. The maximum absolute atomic E-state index is 11.8. The van der Waals surface area contributed by atoms with Gasteiger partial charge < -0.3 is 14.9 Å². The molecule has 1 saturated heterocycles. The van der Waals surface area contributed by atoms with Gasteiger partial charge in [-0.25, -0.2) is 4.79 Å². The minimum atomic E-state index is -1.33. The molecule has 2 heterocycles. The second-order valence-corrected chi connectivity index (χ2v) is 4.25. The van der Waals surface area contributed by atoms with Crippen molar-refractivity contribution in [1.82, 2.24) is 9.55 Å². The Morgan fingerprint density at radius 2 is 2.33 bits per heavy atom. The van der Waals surface area contributed by atoms with E-state index in [1.165, 1.54) is 0 Å². The van der Waals surface area contributed by atoms with E-state index in [9.17, 15) is 14.7 Å². The van der Waals surface area contributed by atoms with Crippen LogP contribution < -0.4 is 11.2 Å². The minimum absolute atomic E-state index is 0.347. The molecule has 2 rings (SSSR count). The van der Waals surface area contributed by atoms with Crippen LogP contribution in [0.15, 0.2) is 20.9 Å². The van der Waals surface area contributed by atoms with E-state index >= 15 is 0 Å². The van der Waals surface area contributed by atoms with Gasteiger partial charge in [0.15, 0.2) is 0 Å². The van der Waals surface area contributed by atoms with Crippen LogP contribution in [0.1, 0.15) is 11.8 Å². The van der Waals surface area contributed by atoms with Crippen LogP contribution in [-0.4, -0.2) is 44.6 Å². The van der Waals surface area contributed by atoms with Crippen molar-refractivity contribution in [3.8, 4) is 6.07 Å². The molecule has 0 bridgehead atoms. The number of aliphatic hydroxyl groups is 2. The lowest BCUT2D eigenvalue weighted by atomic mass is 10.1. The first-order valence-electron chi connectivity index (χ1n) is 5.77. The van der Waals surface area contributed by atoms with E-state index < -0.39 is 42.3 Å². The number of aromatic nitrogens is 2. The molecule has 4 atom stereocenters. The van der Waals surface area contributed by atoms with Gasteiger partial charge in [-0.1, -0.05) is 5.11 Å². The fourth-order valence-electron chi connectivity index (χ4n) is 2.05. The smallest absolute Gasteiger partial charge is 0.330 e. The molecule has 2 unspecified atom stereocenters. The van der Waals surface area contributed by atoms with Gasteiger partial charge >= 0.3 is 5.69 Å². The number of hydrogen-bond donors (Lipinski definition) is 3. The summed E-state index contributed by atoms with van der Waals surface area (Å²) in [6.45, 7) is -0.557. The summed E-state index contributed by atoms with van der Waals surface area (Å²) in [6.07, 6.45) is -2.70. The molecular formula is C10H10N6O5. The Morgan fingerprint density at radius 3 is 2.90 bits per heavy atom. The lowest BCUT2D eigenvalue weighted by Gasteiger charge is -2.17. The molecule has 3 N–H and O–H groups in total. The summed E-state index contributed by atoms with van der Waals surface area (Å²) < 4.78 is 6.09. The van der Waals surface area contributed by atoms with Gasteiger partial charge in [-0.05, 0) is 5.53 Å². The van der Waals surface area contributed by atoms with Gasteiger partial charge in [-0.2, -0.15) is 5.26 Å². The monoisotopic (exact) mass is 294 g/mol. The molecule has 1 aliphatic heterocycles. The maximum atomic E-state index is 11.8. The third-order valence-electron chi connectivity index (χ3n) is 3.06. The van der Waals surface area contributed by atoms with E-state index in [2.05, 4.69) is 10.0 Å². The first-order chi connectivity index (χ1) is 10.0. The predicted octanol–water partition coefficient (Wildman–Crippen LogP) is -1.66. The van der Waals surface area contributed by atoms with Crippen molar-refractivity contribution < 1.29 is 14.9 Å². The number of azide groups is 1. The molecule has 0 aliphatic carbocycles. The van der Waals surface area contributed by atoms with Crippen molar-refractivity contribution in [2.24, 2.45) is 5.11 Å². The predicted molar refractivity (Wildman–Crippen MR) is 66.0 cm³/mol. The molecule has 0 radical (unpaired) electrons. The molecule has 110 valence electrons. The lowest BCUT2D eigenvalue weighted by molar-refractivity contribution is -0.0465. The van der Waals surface area contributed by atoms with E-state index in [0.717, 1.165) is 10.8 Å². The molecule has 0 spiro atoms. The molecule has 0 saturated carbocycles. The summed E-state index contributed by atoms with van der Waals surface area (Å²) in [5.41, 5.74) is 6.41. The summed E-state index contributed by atoms with van der Waals surface area (Å²) in [5.74, 6) is 0. The normalized spacial score (nSPS) is 27.9. The third kappa shape index (κ3) is 2.51. The molecule has 21 heavy (non-hydrogen) atoms. The van der Waals surface area contributed by atoms with E-state index in [1.54, 1.807) is 6.07 Å². The van der Waals surface area contributed by atoms with Crippen LogP contribution >= 0.6 is 0 Å². The molecule has 11 heteroatoms. The van der Waals surface area contributed by atoms with Crippen LogP contribution in [0.5, 0.6) is 0 Å². The number of aromatic amines is 1. The number of H-pyrrole nitrogens is 1. The highest BCUT2D eigenvalue weighted by molar-refractivity contribution is 5.22. The zero-order chi connectivity index (χ0) is 15.6. The van der Waals surface area contributed by atoms with Crippen LogP contribution in [0, 0.1) is 11.3 Å². The molecule has 0 amide bonds. The summed E-state index contributed by atoms with van der Waals surface area (Å²) in [7, 11) is 0. The van der Waals surface area contributed by atoms with Crippen molar-refractivity contribution in [2.75, 3.05) is 6.61 Å². The lowest BCUT2D eigenvalue weighted by Crippen LogP contribution is -2.37. The average molecular weight is 294 g/mol. The van der Waals surface area contributed by atoms with Gasteiger partial charge in [0.05, 0.1) is 12.7 Å². The van der Waals surface area contributed by atoms with Gasteiger partial charge in [0.1, 0.15) is 30.0 Å². The summed E-state index contributed by atoms with van der Waals surface area (Å²) >= 11 is 0. The van der Waals surface area contributed by atoms with Gasteiger partial charge in [-0.15, -0.1) is 0 Å². The summed E-state index contributed by atoms with van der Waals surface area (Å²) in [5, 5.41) is 31.1. The van der Waals surface area contributed by atoms with Crippen molar-refractivity contribution in [2.45, 2.75) is 24.5 Å². The number of nitrogens with one attached hydrogen (secondary N) is 1. The minimum Gasteiger partial charge on any atom is -0.394 e. The van der Waals surface area contributed by atoms with E-state index in [4.69, 9.17) is 20.6 Å². The molecule has 1 aliphatic rings. The molecule has 1 fully saturated rings. The highest BCUT2D eigenvalue weighted by Crippen LogP contribution is 2.30. The molecule has 1 aromatic heterocycles. The number of rotatable bonds is 3. The van der Waals surface area contributed by atoms with Crippen molar-refractivity contribution in [1.29, 1.82) is 5.26 Å². The first kappa shape index (κ1) is 14.8. The Kier molecular flexibility index (Phi) is 4.06. The Hall–Kier alpha value is -2.64. The molecule has 1 aromatic rings. The zero-order valence-electron chi connectivity index (χ0n) is 10.4. The Morgan fingerprint density at radius 1 is 1.62 bits per heavy atom. The highest BCUT2D eigenvalue weighted by atomic mass is 16.5. The van der Waals surface area contributed by atoms with E-state index in [-0.39, 0.29) is 5.56 Å². The standard InChI is InChI=1S/C10H10N6O5/c11-1-4-2-16(10(20)13-8(4)19)9-6(14-15-12)7(18)5(3-17)21-9/h2,5-7,9,17-18H,3H2,(H,13,19,20)/t5-,6?,7?,9-/m0/s1. The number of hydrogen-bond acceptors (Lipinski definition) is 7. The van der Waals surface area contributed by atoms with Crippen LogP contribution in [0.4, 0.5) is 0 Å². The maximum Gasteiger partial charge on any atom is 0.330 e. The first-order valence-corrected chi connectivity index (χ1v) is 5.77. The average Bonchev–Trinajstić information content (AvgIpc) is 2.77. The topological polar surface area (TPSA) is 177 Å². The van der Waals surface area contributed by atoms with Crippen LogP contribution in [-0.2, 0) is 4.74 Å². The van der Waals surface area contributed by atoms with Crippen molar-refractivity contribution in [3.63, 3.8) is 0 Å². The Balaban J connectivity index is 2.55. The second-order valence-electron chi connectivity index (χ2n) is 4.25. The van der Waals surface area contributed by atoms with E-state index in [1.807, 2.05) is 4.98 Å². The second kappa shape index (κ2) is 5.78. The third-order valence-corrected chi connectivity index (χ3v) is 3.06. The number of nitriles is 1. The van der Waals surface area contributed by atoms with Crippen LogP contribution in [0.25, 0.3) is 10.4 Å². The SMILES string of the molecule is N#Cc1cn([C@H]2O[C@@H](CO)C(O)C2N=[N+]=[N-])c(=O)[nH]c1=O. The van der Waals surface area contributed by atoms with Gasteiger partial charge in [-0.3, -0.25) is 14.3 Å². The fraction of sp³-hybridized carbons (Fsp3) is 0.500.